The summed E-state index contributed by atoms with van der Waals surface area (Å²) in [5, 5.41) is 14.9. The van der Waals surface area contributed by atoms with E-state index >= 15 is 0 Å². The van der Waals surface area contributed by atoms with Crippen LogP contribution >= 0.6 is 0 Å². The van der Waals surface area contributed by atoms with E-state index in [2.05, 4.69) is 53.5 Å². The van der Waals surface area contributed by atoms with Crippen LogP contribution in [0.4, 0.5) is 0 Å². The highest BCUT2D eigenvalue weighted by molar-refractivity contribution is 5.93. The summed E-state index contributed by atoms with van der Waals surface area (Å²) in [6, 6.07) is 0.327. The second-order valence-electron chi connectivity index (χ2n) is 8.61. The Morgan fingerprint density at radius 1 is 1.26 bits per heavy atom. The molecule has 1 aromatic rings. The third-order valence-electron chi connectivity index (χ3n) is 5.75. The number of nitrogens with zero attached hydrogens (tertiary/aromatic N) is 4. The van der Waals surface area contributed by atoms with E-state index in [1.54, 1.807) is 0 Å². The number of aromatic nitrogens is 3. The molecule has 8 nitrogen and oxygen atoms in total. The van der Waals surface area contributed by atoms with Crippen molar-refractivity contribution in [1.29, 1.82) is 0 Å². The van der Waals surface area contributed by atoms with Crippen molar-refractivity contribution in [1.82, 2.24) is 30.5 Å². The minimum absolute atomic E-state index is 0.143. The maximum atomic E-state index is 12.7. The quantitative estimate of drug-likeness (QED) is 0.799. The zero-order chi connectivity index (χ0) is 19.6. The van der Waals surface area contributed by atoms with Crippen molar-refractivity contribution in [2.45, 2.75) is 71.2 Å². The molecule has 2 aliphatic rings. The van der Waals surface area contributed by atoms with Gasteiger partial charge in [-0.25, -0.2) is 4.68 Å². The zero-order valence-corrected chi connectivity index (χ0v) is 17.3. The number of ether oxygens (including phenoxy) is 1. The largest absolute Gasteiger partial charge is 0.373 e. The van der Waals surface area contributed by atoms with E-state index in [0.717, 1.165) is 44.7 Å². The second-order valence-corrected chi connectivity index (χ2v) is 8.61. The molecule has 2 saturated heterocycles. The van der Waals surface area contributed by atoms with Gasteiger partial charge in [0.2, 0.25) is 0 Å². The molecule has 2 fully saturated rings. The van der Waals surface area contributed by atoms with Crippen LogP contribution in [0, 0.1) is 6.92 Å². The standard InChI is InChI=1S/C19H34N6O2/c1-13-10-24(11-14(2)27-13)19(4,5)12-21-18(26)17-15(3)25(23-22-17)16-6-8-20-9-7-16/h13-14,16,20H,6-12H2,1-5H3,(H,21,26)/t13-,14+. The molecule has 152 valence electrons. The van der Waals surface area contributed by atoms with Gasteiger partial charge in [0, 0.05) is 25.2 Å². The Morgan fingerprint density at radius 2 is 1.89 bits per heavy atom. The highest BCUT2D eigenvalue weighted by atomic mass is 16.5. The number of nitrogens with one attached hydrogen (secondary N) is 2. The Labute approximate surface area is 162 Å². The van der Waals surface area contributed by atoms with Crippen molar-refractivity contribution < 1.29 is 9.53 Å². The third-order valence-corrected chi connectivity index (χ3v) is 5.75. The zero-order valence-electron chi connectivity index (χ0n) is 17.3. The summed E-state index contributed by atoms with van der Waals surface area (Å²) in [4.78, 5) is 15.1. The summed E-state index contributed by atoms with van der Waals surface area (Å²) in [6.07, 6.45) is 2.45. The molecule has 0 aliphatic carbocycles. The lowest BCUT2D eigenvalue weighted by atomic mass is 10.00. The average Bonchev–Trinajstić information content (AvgIpc) is 3.01. The first-order valence-electron chi connectivity index (χ1n) is 10.1. The SMILES string of the molecule is Cc1c(C(=O)NCC(C)(C)N2C[C@@H](C)O[C@@H](C)C2)nnn1C1CCNCC1. The van der Waals surface area contributed by atoms with E-state index in [9.17, 15) is 4.79 Å². The van der Waals surface area contributed by atoms with Crippen LogP contribution in [0.5, 0.6) is 0 Å². The number of carbonyl (C=O) groups excluding carboxylic acids is 1. The lowest BCUT2D eigenvalue weighted by molar-refractivity contribution is -0.0948. The van der Waals surface area contributed by atoms with Crippen molar-refractivity contribution in [3.8, 4) is 0 Å². The van der Waals surface area contributed by atoms with Crippen LogP contribution in [0.1, 0.15) is 62.8 Å². The minimum Gasteiger partial charge on any atom is -0.373 e. The minimum atomic E-state index is -0.152. The number of morpholine rings is 1. The van der Waals surface area contributed by atoms with Gasteiger partial charge in [-0.05, 0) is 60.5 Å². The Morgan fingerprint density at radius 3 is 2.52 bits per heavy atom. The Bertz CT molecular complexity index is 643. The molecule has 3 rings (SSSR count). The van der Waals surface area contributed by atoms with Gasteiger partial charge in [0.25, 0.3) is 5.91 Å². The molecule has 1 aromatic heterocycles. The first kappa shape index (κ1) is 20.2. The highest BCUT2D eigenvalue weighted by Crippen LogP contribution is 2.22. The van der Waals surface area contributed by atoms with E-state index in [-0.39, 0.29) is 23.7 Å². The Balaban J connectivity index is 1.61. The van der Waals surface area contributed by atoms with Crippen LogP contribution < -0.4 is 10.6 Å². The molecule has 0 spiro atoms. The van der Waals surface area contributed by atoms with E-state index in [4.69, 9.17) is 4.74 Å². The second kappa shape index (κ2) is 8.24. The molecule has 0 radical (unpaired) electrons. The molecule has 2 N–H and O–H groups in total. The van der Waals surface area contributed by atoms with E-state index in [1.807, 2.05) is 11.6 Å². The maximum Gasteiger partial charge on any atom is 0.273 e. The van der Waals surface area contributed by atoms with Crippen molar-refractivity contribution in [3.05, 3.63) is 11.4 Å². The number of carbonyl (C=O) groups is 1. The molecule has 0 unspecified atom stereocenters. The highest BCUT2D eigenvalue weighted by Gasteiger charge is 2.34. The fourth-order valence-corrected chi connectivity index (χ4v) is 4.11. The van der Waals surface area contributed by atoms with Crippen LogP contribution in [0.3, 0.4) is 0 Å². The Hall–Kier alpha value is -1.51. The number of piperidine rings is 1. The van der Waals surface area contributed by atoms with Crippen LogP contribution in [-0.4, -0.2) is 76.3 Å². The van der Waals surface area contributed by atoms with E-state index < -0.39 is 0 Å². The molecule has 8 heteroatoms. The van der Waals surface area contributed by atoms with Gasteiger partial charge in [-0.2, -0.15) is 0 Å². The van der Waals surface area contributed by atoms with Crippen LogP contribution in [0.25, 0.3) is 0 Å². The first-order valence-corrected chi connectivity index (χ1v) is 10.1. The number of hydrogen-bond acceptors (Lipinski definition) is 6. The van der Waals surface area contributed by atoms with Gasteiger partial charge in [-0.3, -0.25) is 9.69 Å². The van der Waals surface area contributed by atoms with Crippen molar-refractivity contribution >= 4 is 5.91 Å². The maximum absolute atomic E-state index is 12.7. The lowest BCUT2D eigenvalue weighted by Gasteiger charge is -2.45. The molecule has 2 aliphatic heterocycles. The van der Waals surface area contributed by atoms with E-state index in [1.165, 1.54) is 0 Å². The molecule has 3 heterocycles. The first-order chi connectivity index (χ1) is 12.8. The number of amides is 1. The molecule has 0 bridgehead atoms. The average molecular weight is 379 g/mol. The number of hydrogen-bond donors (Lipinski definition) is 2. The summed E-state index contributed by atoms with van der Waals surface area (Å²) >= 11 is 0. The summed E-state index contributed by atoms with van der Waals surface area (Å²) in [5.41, 5.74) is 1.14. The predicted molar refractivity (Wildman–Crippen MR) is 104 cm³/mol. The van der Waals surface area contributed by atoms with Crippen molar-refractivity contribution in [2.24, 2.45) is 0 Å². The van der Waals surface area contributed by atoms with Gasteiger partial charge in [0.1, 0.15) is 0 Å². The predicted octanol–water partition coefficient (Wildman–Crippen LogP) is 1.13. The van der Waals surface area contributed by atoms with Crippen molar-refractivity contribution in [3.63, 3.8) is 0 Å². The fraction of sp³-hybridized carbons (Fsp3) is 0.842. The molecule has 2 atom stereocenters. The van der Waals surface area contributed by atoms with Gasteiger partial charge in [-0.15, -0.1) is 5.10 Å². The summed E-state index contributed by atoms with van der Waals surface area (Å²) in [7, 11) is 0. The molecular formula is C19H34N6O2. The Kier molecular flexibility index (Phi) is 6.18. The number of rotatable bonds is 5. The molecule has 1 amide bonds. The van der Waals surface area contributed by atoms with Crippen molar-refractivity contribution in [2.75, 3.05) is 32.7 Å². The van der Waals surface area contributed by atoms with Crippen LogP contribution in [0.15, 0.2) is 0 Å². The summed E-state index contributed by atoms with van der Waals surface area (Å²) < 4.78 is 7.75. The molecular weight excluding hydrogens is 344 g/mol. The van der Waals surface area contributed by atoms with Crippen LogP contribution in [0.2, 0.25) is 0 Å². The lowest BCUT2D eigenvalue weighted by Crippen LogP contribution is -2.58. The van der Waals surface area contributed by atoms with Crippen LogP contribution in [-0.2, 0) is 4.74 Å². The molecule has 0 saturated carbocycles. The van der Waals surface area contributed by atoms with Gasteiger partial charge >= 0.3 is 0 Å². The van der Waals surface area contributed by atoms with Gasteiger partial charge in [0.15, 0.2) is 5.69 Å². The molecule has 27 heavy (non-hydrogen) atoms. The fourth-order valence-electron chi connectivity index (χ4n) is 4.11. The third kappa shape index (κ3) is 4.67. The van der Waals surface area contributed by atoms with Gasteiger partial charge in [0.05, 0.1) is 23.9 Å². The van der Waals surface area contributed by atoms with Gasteiger partial charge < -0.3 is 15.4 Å². The summed E-state index contributed by atoms with van der Waals surface area (Å²) in [5.74, 6) is -0.143. The monoisotopic (exact) mass is 378 g/mol. The molecule has 0 aromatic carbocycles. The van der Waals surface area contributed by atoms with E-state index in [0.29, 0.717) is 18.3 Å². The van der Waals surface area contributed by atoms with Gasteiger partial charge in [-0.1, -0.05) is 5.21 Å². The smallest absolute Gasteiger partial charge is 0.273 e. The summed E-state index contributed by atoms with van der Waals surface area (Å²) in [6.45, 7) is 14.7. The normalized spacial score (nSPS) is 25.5. The topological polar surface area (TPSA) is 84.3 Å².